The number of hydrogen-bond acceptors (Lipinski definition) is 1. The fourth-order valence-corrected chi connectivity index (χ4v) is 2.66. The Hall–Kier alpha value is -0.730. The van der Waals surface area contributed by atoms with Crippen molar-refractivity contribution in [1.29, 1.82) is 0 Å². The van der Waals surface area contributed by atoms with Gasteiger partial charge in [-0.3, -0.25) is 4.79 Å². The van der Waals surface area contributed by atoms with Crippen LogP contribution >= 0.6 is 23.2 Å². The quantitative estimate of drug-likeness (QED) is 0.865. The molecule has 86 valence electrons. The van der Waals surface area contributed by atoms with E-state index in [9.17, 15) is 4.79 Å². The van der Waals surface area contributed by atoms with Crippen molar-refractivity contribution >= 4 is 29.1 Å². The van der Waals surface area contributed by atoms with Crippen molar-refractivity contribution in [3.05, 3.63) is 33.8 Å². The Labute approximate surface area is 105 Å². The average Bonchev–Trinajstić information content (AvgIpc) is 2.63. The summed E-state index contributed by atoms with van der Waals surface area (Å²) in [5, 5.41) is 4.30. The van der Waals surface area contributed by atoms with Crippen LogP contribution in [0.1, 0.15) is 31.2 Å². The molecule has 16 heavy (non-hydrogen) atoms. The molecule has 1 aliphatic heterocycles. The second-order valence-corrected chi connectivity index (χ2v) is 4.90. The van der Waals surface area contributed by atoms with Crippen LogP contribution in [0.3, 0.4) is 0 Å². The Morgan fingerprint density at radius 2 is 2.19 bits per heavy atom. The highest BCUT2D eigenvalue weighted by Gasteiger charge is 2.33. The molecule has 0 aromatic heterocycles. The van der Waals surface area contributed by atoms with Gasteiger partial charge in [0.2, 0.25) is 5.91 Å². The maximum atomic E-state index is 11.4. The van der Waals surface area contributed by atoms with Crippen molar-refractivity contribution in [1.82, 2.24) is 5.32 Å². The highest BCUT2D eigenvalue weighted by atomic mass is 35.5. The molecule has 1 N–H and O–H groups in total. The van der Waals surface area contributed by atoms with Gasteiger partial charge < -0.3 is 5.32 Å². The van der Waals surface area contributed by atoms with Gasteiger partial charge in [-0.2, -0.15) is 0 Å². The van der Waals surface area contributed by atoms with Crippen LogP contribution in [0.5, 0.6) is 0 Å². The molecule has 0 spiro atoms. The smallest absolute Gasteiger partial charge is 0.220 e. The Bertz CT molecular complexity index is 419. The zero-order chi connectivity index (χ0) is 11.7. The summed E-state index contributed by atoms with van der Waals surface area (Å²) in [7, 11) is 0. The number of rotatable bonds is 2. The van der Waals surface area contributed by atoms with E-state index in [1.807, 2.05) is 6.07 Å². The summed E-state index contributed by atoms with van der Waals surface area (Å²) in [5.41, 5.74) is 0.972. The SMILES string of the molecule is CCC1NC(=O)CC1c1cc(Cl)ccc1Cl. The highest BCUT2D eigenvalue weighted by Crippen LogP contribution is 2.35. The Balaban J connectivity index is 2.35. The van der Waals surface area contributed by atoms with Crippen LogP contribution < -0.4 is 5.32 Å². The van der Waals surface area contributed by atoms with Crippen molar-refractivity contribution in [3.8, 4) is 0 Å². The van der Waals surface area contributed by atoms with Gasteiger partial charge in [-0.25, -0.2) is 0 Å². The maximum absolute atomic E-state index is 11.4. The molecule has 2 rings (SSSR count). The molecule has 0 bridgehead atoms. The number of carbonyl (C=O) groups excluding carboxylic acids is 1. The first-order valence-electron chi connectivity index (χ1n) is 5.36. The summed E-state index contributed by atoms with van der Waals surface area (Å²) in [6, 6.07) is 5.58. The molecule has 2 unspecified atom stereocenters. The zero-order valence-electron chi connectivity index (χ0n) is 8.97. The minimum Gasteiger partial charge on any atom is -0.353 e. The van der Waals surface area contributed by atoms with E-state index < -0.39 is 0 Å². The summed E-state index contributed by atoms with van der Waals surface area (Å²) in [5.74, 6) is 0.233. The molecule has 1 saturated heterocycles. The van der Waals surface area contributed by atoms with Crippen LogP contribution in [-0.4, -0.2) is 11.9 Å². The lowest BCUT2D eigenvalue weighted by molar-refractivity contribution is -0.119. The van der Waals surface area contributed by atoms with Gasteiger partial charge in [-0.15, -0.1) is 0 Å². The van der Waals surface area contributed by atoms with Gasteiger partial charge in [-0.05, 0) is 30.2 Å². The molecule has 2 nitrogen and oxygen atoms in total. The van der Waals surface area contributed by atoms with Crippen LogP contribution in [0.2, 0.25) is 10.0 Å². The molecule has 2 atom stereocenters. The van der Waals surface area contributed by atoms with E-state index in [0.717, 1.165) is 12.0 Å². The summed E-state index contributed by atoms with van der Waals surface area (Å²) in [4.78, 5) is 11.4. The standard InChI is InChI=1S/C12H13Cl2NO/c1-2-11-9(6-12(16)15-11)8-5-7(13)3-4-10(8)14/h3-5,9,11H,2,6H2,1H3,(H,15,16). The minimum atomic E-state index is 0.0906. The summed E-state index contributed by atoms with van der Waals surface area (Å²) in [6.07, 6.45) is 1.40. The Morgan fingerprint density at radius 1 is 1.44 bits per heavy atom. The lowest BCUT2D eigenvalue weighted by Crippen LogP contribution is -2.27. The molecular formula is C12H13Cl2NO. The Morgan fingerprint density at radius 3 is 2.88 bits per heavy atom. The van der Waals surface area contributed by atoms with E-state index in [4.69, 9.17) is 23.2 Å². The lowest BCUT2D eigenvalue weighted by atomic mass is 9.90. The normalized spacial score (nSPS) is 24.6. The third-order valence-electron chi connectivity index (χ3n) is 3.03. The first kappa shape index (κ1) is 11.7. The van der Waals surface area contributed by atoms with Crippen LogP contribution in [0.4, 0.5) is 0 Å². The number of benzene rings is 1. The number of halogens is 2. The molecule has 1 aliphatic rings. The van der Waals surface area contributed by atoms with E-state index in [-0.39, 0.29) is 17.9 Å². The predicted molar refractivity (Wildman–Crippen MR) is 66.0 cm³/mol. The molecular weight excluding hydrogens is 245 g/mol. The number of nitrogens with one attached hydrogen (secondary N) is 1. The van der Waals surface area contributed by atoms with Crippen LogP contribution in [0, 0.1) is 0 Å². The maximum Gasteiger partial charge on any atom is 0.220 e. The summed E-state index contributed by atoms with van der Waals surface area (Å²) < 4.78 is 0. The molecule has 0 saturated carbocycles. The molecule has 1 aromatic rings. The zero-order valence-corrected chi connectivity index (χ0v) is 10.5. The van der Waals surface area contributed by atoms with Gasteiger partial charge >= 0.3 is 0 Å². The first-order chi connectivity index (χ1) is 7.61. The first-order valence-corrected chi connectivity index (χ1v) is 6.11. The number of amides is 1. The molecule has 0 aliphatic carbocycles. The van der Waals surface area contributed by atoms with Crippen molar-refractivity contribution < 1.29 is 4.79 Å². The molecule has 1 fully saturated rings. The van der Waals surface area contributed by atoms with Crippen molar-refractivity contribution in [3.63, 3.8) is 0 Å². The fraction of sp³-hybridized carbons (Fsp3) is 0.417. The Kier molecular flexibility index (Phi) is 3.41. The molecule has 0 radical (unpaired) electrons. The summed E-state index contributed by atoms with van der Waals surface area (Å²) in [6.45, 7) is 2.06. The van der Waals surface area contributed by atoms with Gasteiger partial charge in [0.05, 0.1) is 0 Å². The van der Waals surface area contributed by atoms with Crippen LogP contribution in [0.15, 0.2) is 18.2 Å². The van der Waals surface area contributed by atoms with E-state index in [1.54, 1.807) is 12.1 Å². The van der Waals surface area contributed by atoms with Crippen LogP contribution in [0.25, 0.3) is 0 Å². The highest BCUT2D eigenvalue weighted by molar-refractivity contribution is 6.33. The van der Waals surface area contributed by atoms with Gasteiger partial charge in [-0.1, -0.05) is 30.1 Å². The minimum absolute atomic E-state index is 0.0906. The van der Waals surface area contributed by atoms with Crippen molar-refractivity contribution in [2.24, 2.45) is 0 Å². The van der Waals surface area contributed by atoms with Gasteiger partial charge in [0.15, 0.2) is 0 Å². The fourth-order valence-electron chi connectivity index (χ4n) is 2.22. The molecule has 1 heterocycles. The molecule has 1 amide bonds. The summed E-state index contributed by atoms with van der Waals surface area (Å²) >= 11 is 12.1. The van der Waals surface area contributed by atoms with Gasteiger partial charge in [0, 0.05) is 28.4 Å². The van der Waals surface area contributed by atoms with E-state index in [0.29, 0.717) is 16.5 Å². The monoisotopic (exact) mass is 257 g/mol. The van der Waals surface area contributed by atoms with Crippen molar-refractivity contribution in [2.45, 2.75) is 31.7 Å². The largest absolute Gasteiger partial charge is 0.353 e. The molecule has 4 heteroatoms. The number of carbonyl (C=O) groups is 1. The predicted octanol–water partition coefficient (Wildman–Crippen LogP) is 3.38. The third kappa shape index (κ3) is 2.18. The van der Waals surface area contributed by atoms with E-state index >= 15 is 0 Å². The van der Waals surface area contributed by atoms with Gasteiger partial charge in [0.1, 0.15) is 0 Å². The van der Waals surface area contributed by atoms with Crippen LogP contribution in [-0.2, 0) is 4.79 Å². The van der Waals surface area contributed by atoms with Crippen molar-refractivity contribution in [2.75, 3.05) is 0 Å². The van der Waals surface area contributed by atoms with E-state index in [1.165, 1.54) is 0 Å². The average molecular weight is 258 g/mol. The molecule has 1 aromatic carbocycles. The third-order valence-corrected chi connectivity index (χ3v) is 3.61. The number of hydrogen-bond donors (Lipinski definition) is 1. The topological polar surface area (TPSA) is 29.1 Å². The second kappa shape index (κ2) is 4.64. The van der Waals surface area contributed by atoms with Gasteiger partial charge in [0.25, 0.3) is 0 Å². The lowest BCUT2D eigenvalue weighted by Gasteiger charge is -2.18. The second-order valence-electron chi connectivity index (χ2n) is 4.06. The van der Waals surface area contributed by atoms with E-state index in [2.05, 4.69) is 12.2 Å².